The number of para-hydroxylation sites is 1. The smallest absolute Gasteiger partial charge is 0.261 e. The molecule has 3 aromatic carbocycles. The summed E-state index contributed by atoms with van der Waals surface area (Å²) in [5, 5.41) is 3.01. The van der Waals surface area contributed by atoms with Crippen LogP contribution < -0.4 is 10.0 Å². The van der Waals surface area contributed by atoms with Crippen molar-refractivity contribution in [2.75, 3.05) is 10.0 Å². The minimum absolute atomic E-state index is 0.174. The molecule has 5 nitrogen and oxygen atoms in total. The molecule has 0 aliphatic rings. The molecule has 0 unspecified atom stereocenters. The zero-order valence-electron chi connectivity index (χ0n) is 17.4. The Kier molecular flexibility index (Phi) is 6.57. The number of benzene rings is 3. The Hall–Kier alpha value is -3.12. The predicted molar refractivity (Wildman–Crippen MR) is 122 cm³/mol. The van der Waals surface area contributed by atoms with Gasteiger partial charge in [0.25, 0.3) is 15.9 Å². The van der Waals surface area contributed by atoms with Crippen LogP contribution in [-0.2, 0) is 22.9 Å². The third-order valence-electron chi connectivity index (χ3n) is 4.95. The molecular weight excluding hydrogens is 396 g/mol. The van der Waals surface area contributed by atoms with E-state index in [0.29, 0.717) is 11.3 Å². The number of carbonyl (C=O) groups is 1. The molecule has 0 bridgehead atoms. The van der Waals surface area contributed by atoms with Crippen molar-refractivity contribution in [1.29, 1.82) is 0 Å². The fourth-order valence-electron chi connectivity index (χ4n) is 3.24. The van der Waals surface area contributed by atoms with Crippen LogP contribution in [0.4, 0.5) is 11.4 Å². The molecule has 0 fully saturated rings. The second kappa shape index (κ2) is 9.13. The normalized spacial score (nSPS) is 11.2. The third kappa shape index (κ3) is 4.89. The molecule has 0 radical (unpaired) electrons. The summed E-state index contributed by atoms with van der Waals surface area (Å²) in [7, 11) is -3.73. The van der Waals surface area contributed by atoms with Gasteiger partial charge in [0.15, 0.2) is 0 Å². The Labute approximate surface area is 178 Å². The number of aryl methyl sites for hydroxylation is 3. The van der Waals surface area contributed by atoms with Crippen molar-refractivity contribution < 1.29 is 13.2 Å². The summed E-state index contributed by atoms with van der Waals surface area (Å²) in [5.41, 5.74) is 4.66. The fourth-order valence-corrected chi connectivity index (χ4v) is 4.29. The van der Waals surface area contributed by atoms with E-state index >= 15 is 0 Å². The molecule has 2 N–H and O–H groups in total. The van der Waals surface area contributed by atoms with Gasteiger partial charge in [-0.25, -0.2) is 8.42 Å². The summed E-state index contributed by atoms with van der Waals surface area (Å²) >= 11 is 0. The highest BCUT2D eigenvalue weighted by molar-refractivity contribution is 7.92. The van der Waals surface area contributed by atoms with Gasteiger partial charge in [-0.2, -0.15) is 0 Å². The number of anilines is 2. The highest BCUT2D eigenvalue weighted by Crippen LogP contribution is 2.24. The van der Waals surface area contributed by atoms with Gasteiger partial charge in [-0.05, 0) is 61.2 Å². The molecule has 3 rings (SSSR count). The van der Waals surface area contributed by atoms with Crippen LogP contribution in [0.3, 0.4) is 0 Å². The van der Waals surface area contributed by atoms with Gasteiger partial charge >= 0.3 is 0 Å². The maximum Gasteiger partial charge on any atom is 0.261 e. The van der Waals surface area contributed by atoms with E-state index in [1.807, 2.05) is 39.0 Å². The van der Waals surface area contributed by atoms with Crippen LogP contribution in [-0.4, -0.2) is 14.3 Å². The third-order valence-corrected chi connectivity index (χ3v) is 6.34. The van der Waals surface area contributed by atoms with Gasteiger partial charge in [-0.15, -0.1) is 0 Å². The van der Waals surface area contributed by atoms with Gasteiger partial charge in [0, 0.05) is 16.9 Å². The molecule has 0 spiro atoms. The van der Waals surface area contributed by atoms with Crippen LogP contribution in [0.15, 0.2) is 71.6 Å². The maximum atomic E-state index is 12.9. The molecule has 6 heteroatoms. The molecule has 3 aromatic rings. The summed E-state index contributed by atoms with van der Waals surface area (Å²) in [6, 6.07) is 19.1. The van der Waals surface area contributed by atoms with Crippen LogP contribution in [0.5, 0.6) is 0 Å². The van der Waals surface area contributed by atoms with Gasteiger partial charge in [0.2, 0.25) is 0 Å². The van der Waals surface area contributed by atoms with Crippen LogP contribution in [0.2, 0.25) is 0 Å². The minimum atomic E-state index is -3.73. The monoisotopic (exact) mass is 422 g/mol. The second-order valence-electron chi connectivity index (χ2n) is 7.11. The Morgan fingerprint density at radius 3 is 2.07 bits per heavy atom. The quantitative estimate of drug-likeness (QED) is 0.551. The van der Waals surface area contributed by atoms with E-state index in [1.54, 1.807) is 48.5 Å². The number of carbonyl (C=O) groups excluding carboxylic acids is 1. The van der Waals surface area contributed by atoms with Crippen molar-refractivity contribution in [3.63, 3.8) is 0 Å². The summed E-state index contributed by atoms with van der Waals surface area (Å²) < 4.78 is 27.8. The van der Waals surface area contributed by atoms with Crippen LogP contribution >= 0.6 is 0 Å². The summed E-state index contributed by atoms with van der Waals surface area (Å²) in [6.07, 6.45) is 1.61. The Bertz CT molecular complexity index is 1130. The van der Waals surface area contributed by atoms with Gasteiger partial charge in [0.1, 0.15) is 0 Å². The SMILES string of the molecule is CCc1cccc(CC)c1NC(=O)c1cccc(NS(=O)(=O)c2ccc(C)cc2)c1. The molecule has 156 valence electrons. The van der Waals surface area contributed by atoms with Crippen LogP contribution in [0, 0.1) is 6.92 Å². The number of rotatable bonds is 7. The number of nitrogens with one attached hydrogen (secondary N) is 2. The Balaban J connectivity index is 1.84. The summed E-state index contributed by atoms with van der Waals surface area (Å²) in [4.78, 5) is 13.1. The van der Waals surface area contributed by atoms with Gasteiger partial charge < -0.3 is 5.32 Å². The maximum absolute atomic E-state index is 12.9. The van der Waals surface area contributed by atoms with Crippen molar-refractivity contribution in [3.8, 4) is 0 Å². The van der Waals surface area contributed by atoms with E-state index in [-0.39, 0.29) is 10.8 Å². The van der Waals surface area contributed by atoms with E-state index in [4.69, 9.17) is 0 Å². The molecule has 0 heterocycles. The van der Waals surface area contributed by atoms with E-state index in [9.17, 15) is 13.2 Å². The first kappa shape index (κ1) is 21.6. The molecule has 1 amide bonds. The number of sulfonamides is 1. The van der Waals surface area contributed by atoms with E-state index < -0.39 is 10.0 Å². The largest absolute Gasteiger partial charge is 0.321 e. The Morgan fingerprint density at radius 2 is 1.47 bits per heavy atom. The highest BCUT2D eigenvalue weighted by atomic mass is 32.2. The number of amides is 1. The zero-order chi connectivity index (χ0) is 21.7. The van der Waals surface area contributed by atoms with Crippen molar-refractivity contribution in [2.45, 2.75) is 38.5 Å². The first-order valence-electron chi connectivity index (χ1n) is 9.95. The van der Waals surface area contributed by atoms with E-state index in [2.05, 4.69) is 10.0 Å². The molecule has 0 aromatic heterocycles. The summed E-state index contributed by atoms with van der Waals surface area (Å²) in [6.45, 7) is 5.99. The molecule has 0 saturated heterocycles. The van der Waals surface area contributed by atoms with Gasteiger partial charge in [-0.3, -0.25) is 9.52 Å². The van der Waals surface area contributed by atoms with E-state index in [0.717, 1.165) is 35.2 Å². The molecule has 0 aliphatic heterocycles. The number of hydrogen-bond acceptors (Lipinski definition) is 3. The first-order valence-corrected chi connectivity index (χ1v) is 11.4. The molecule has 0 aliphatic carbocycles. The highest BCUT2D eigenvalue weighted by Gasteiger charge is 2.16. The number of hydrogen-bond donors (Lipinski definition) is 2. The van der Waals surface area contributed by atoms with Gasteiger partial charge in [0.05, 0.1) is 4.90 Å². The lowest BCUT2D eigenvalue weighted by Gasteiger charge is -2.15. The molecule has 30 heavy (non-hydrogen) atoms. The van der Waals surface area contributed by atoms with Crippen molar-refractivity contribution in [1.82, 2.24) is 0 Å². The average Bonchev–Trinajstić information content (AvgIpc) is 2.74. The Morgan fingerprint density at radius 1 is 0.867 bits per heavy atom. The lowest BCUT2D eigenvalue weighted by atomic mass is 10.0. The van der Waals surface area contributed by atoms with Crippen molar-refractivity contribution >= 4 is 27.3 Å². The van der Waals surface area contributed by atoms with Crippen LogP contribution in [0.25, 0.3) is 0 Å². The molecular formula is C24H26N2O3S. The molecule has 0 saturated carbocycles. The molecule has 0 atom stereocenters. The van der Waals surface area contributed by atoms with Crippen LogP contribution in [0.1, 0.15) is 40.9 Å². The average molecular weight is 423 g/mol. The topological polar surface area (TPSA) is 75.3 Å². The van der Waals surface area contributed by atoms with Crippen molar-refractivity contribution in [3.05, 3.63) is 89.0 Å². The lowest BCUT2D eigenvalue weighted by Crippen LogP contribution is -2.16. The minimum Gasteiger partial charge on any atom is -0.321 e. The van der Waals surface area contributed by atoms with Gasteiger partial charge in [-0.1, -0.05) is 55.8 Å². The predicted octanol–water partition coefficient (Wildman–Crippen LogP) is 5.17. The van der Waals surface area contributed by atoms with Crippen molar-refractivity contribution in [2.24, 2.45) is 0 Å². The summed E-state index contributed by atoms with van der Waals surface area (Å²) in [5.74, 6) is -0.276. The fraction of sp³-hybridized carbons (Fsp3) is 0.208. The van der Waals surface area contributed by atoms with E-state index in [1.165, 1.54) is 0 Å². The lowest BCUT2D eigenvalue weighted by molar-refractivity contribution is 0.102. The first-order chi connectivity index (χ1) is 14.3. The standard InChI is InChI=1S/C24H26N2O3S/c1-4-18-8-6-9-19(5-2)23(18)25-24(27)20-10-7-11-21(16-20)26-30(28,29)22-14-12-17(3)13-15-22/h6-16,26H,4-5H2,1-3H3,(H,25,27). The second-order valence-corrected chi connectivity index (χ2v) is 8.79. The zero-order valence-corrected chi connectivity index (χ0v) is 18.2.